The van der Waals surface area contributed by atoms with Gasteiger partial charge in [-0.2, -0.15) is 0 Å². The van der Waals surface area contributed by atoms with Crippen LogP contribution in [0.5, 0.6) is 0 Å². The molecule has 2 unspecified atom stereocenters. The van der Waals surface area contributed by atoms with E-state index in [9.17, 15) is 0 Å². The zero-order chi connectivity index (χ0) is 22.4. The Labute approximate surface area is 211 Å². The SMILES string of the molecule is Clc1ccc(-c2c(-c3ccccc3)c3c(c4ccccc24)C(c2ccccc2)C(Br)S3)cc1. The average molecular weight is 528 g/mol. The van der Waals surface area contributed by atoms with Crippen molar-refractivity contribution < 1.29 is 0 Å². The molecule has 1 heterocycles. The van der Waals surface area contributed by atoms with Gasteiger partial charge >= 0.3 is 0 Å². The molecule has 2 atom stereocenters. The highest BCUT2D eigenvalue weighted by Crippen LogP contribution is 2.59. The van der Waals surface area contributed by atoms with E-state index in [4.69, 9.17) is 11.6 Å². The van der Waals surface area contributed by atoms with Gasteiger partial charge < -0.3 is 0 Å². The van der Waals surface area contributed by atoms with Gasteiger partial charge in [0.1, 0.15) is 0 Å². The molecule has 0 fully saturated rings. The molecule has 1 aliphatic heterocycles. The maximum atomic E-state index is 6.26. The maximum Gasteiger partial charge on any atom is 0.0757 e. The van der Waals surface area contributed by atoms with Crippen LogP contribution in [0, 0.1) is 0 Å². The molecule has 1 aliphatic rings. The quantitative estimate of drug-likeness (QED) is 0.210. The van der Waals surface area contributed by atoms with Crippen LogP contribution in [-0.4, -0.2) is 4.16 Å². The molecule has 0 nitrogen and oxygen atoms in total. The summed E-state index contributed by atoms with van der Waals surface area (Å²) in [5, 5.41) is 3.35. The number of rotatable bonds is 3. The third-order valence-electron chi connectivity index (χ3n) is 6.37. The normalized spacial score (nSPS) is 17.3. The minimum absolute atomic E-state index is 0.265. The number of hydrogen-bond acceptors (Lipinski definition) is 1. The van der Waals surface area contributed by atoms with Crippen LogP contribution in [-0.2, 0) is 0 Å². The van der Waals surface area contributed by atoms with Gasteiger partial charge in [-0.25, -0.2) is 0 Å². The van der Waals surface area contributed by atoms with Crippen molar-refractivity contribution in [3.63, 3.8) is 0 Å². The smallest absolute Gasteiger partial charge is 0.0757 e. The lowest BCUT2D eigenvalue weighted by Crippen LogP contribution is -2.06. The Balaban J connectivity index is 1.76. The second kappa shape index (κ2) is 8.68. The van der Waals surface area contributed by atoms with E-state index in [0.29, 0.717) is 0 Å². The first-order chi connectivity index (χ1) is 16.2. The zero-order valence-corrected chi connectivity index (χ0v) is 20.9. The van der Waals surface area contributed by atoms with Crippen molar-refractivity contribution in [1.29, 1.82) is 0 Å². The predicted octanol–water partition coefficient (Wildman–Crippen LogP) is 9.79. The molecule has 0 N–H and O–H groups in total. The van der Waals surface area contributed by atoms with Gasteiger partial charge in [-0.15, -0.1) is 11.8 Å². The van der Waals surface area contributed by atoms with Crippen LogP contribution in [0.4, 0.5) is 0 Å². The van der Waals surface area contributed by atoms with Crippen LogP contribution in [0.1, 0.15) is 17.0 Å². The Morgan fingerprint density at radius 1 is 0.606 bits per heavy atom. The Kier molecular flexibility index (Phi) is 5.54. The molecule has 0 aromatic heterocycles. The molecule has 6 rings (SSSR count). The molecule has 0 amide bonds. The molecule has 160 valence electrons. The largest absolute Gasteiger partial charge is 0.109 e. The lowest BCUT2D eigenvalue weighted by atomic mass is 9.82. The fourth-order valence-electron chi connectivity index (χ4n) is 4.96. The summed E-state index contributed by atoms with van der Waals surface area (Å²) >= 11 is 12.2. The summed E-state index contributed by atoms with van der Waals surface area (Å²) in [6.45, 7) is 0. The van der Waals surface area contributed by atoms with E-state index in [0.717, 1.165) is 5.02 Å². The van der Waals surface area contributed by atoms with Crippen molar-refractivity contribution in [1.82, 2.24) is 0 Å². The van der Waals surface area contributed by atoms with Gasteiger partial charge in [0, 0.05) is 21.4 Å². The summed E-state index contributed by atoms with van der Waals surface area (Å²) in [4.78, 5) is 1.36. The first kappa shape index (κ1) is 21.0. The fraction of sp³-hybridized carbons (Fsp3) is 0.0667. The minimum atomic E-state index is 0.265. The van der Waals surface area contributed by atoms with E-state index in [1.54, 1.807) is 0 Å². The molecule has 0 spiro atoms. The van der Waals surface area contributed by atoms with E-state index < -0.39 is 0 Å². The summed E-state index contributed by atoms with van der Waals surface area (Å²) in [7, 11) is 0. The van der Waals surface area contributed by atoms with Crippen molar-refractivity contribution >= 4 is 50.1 Å². The van der Waals surface area contributed by atoms with Gasteiger partial charge in [0.15, 0.2) is 0 Å². The molecule has 3 heteroatoms. The molecule has 0 aliphatic carbocycles. The highest BCUT2D eigenvalue weighted by atomic mass is 79.9. The van der Waals surface area contributed by atoms with Crippen LogP contribution < -0.4 is 0 Å². The first-order valence-electron chi connectivity index (χ1n) is 11.0. The summed E-state index contributed by atoms with van der Waals surface area (Å²) < 4.78 is 0.265. The summed E-state index contributed by atoms with van der Waals surface area (Å²) in [5.41, 5.74) is 7.76. The van der Waals surface area contributed by atoms with E-state index >= 15 is 0 Å². The van der Waals surface area contributed by atoms with Gasteiger partial charge in [-0.1, -0.05) is 125 Å². The number of thioether (sulfide) groups is 1. The second-order valence-corrected chi connectivity index (χ2v) is 11.4. The third-order valence-corrected chi connectivity index (χ3v) is 8.86. The highest BCUT2D eigenvalue weighted by Gasteiger charge is 2.37. The van der Waals surface area contributed by atoms with Crippen LogP contribution in [0.2, 0.25) is 5.02 Å². The maximum absolute atomic E-state index is 6.26. The lowest BCUT2D eigenvalue weighted by molar-refractivity contribution is 0.926. The second-order valence-electron chi connectivity index (χ2n) is 8.27. The number of halogens is 2. The molecular weight excluding hydrogens is 508 g/mol. The van der Waals surface area contributed by atoms with Gasteiger partial charge in [0.05, 0.1) is 4.16 Å². The van der Waals surface area contributed by atoms with Crippen molar-refractivity contribution in [2.45, 2.75) is 15.0 Å². The van der Waals surface area contributed by atoms with Crippen molar-refractivity contribution in [3.8, 4) is 22.3 Å². The number of alkyl halides is 1. The van der Waals surface area contributed by atoms with Gasteiger partial charge in [-0.05, 0) is 50.7 Å². The fourth-order valence-corrected chi connectivity index (χ4v) is 7.57. The van der Waals surface area contributed by atoms with Crippen molar-refractivity contribution in [3.05, 3.63) is 125 Å². The number of fused-ring (bicyclic) bond motifs is 3. The van der Waals surface area contributed by atoms with Crippen molar-refractivity contribution in [2.24, 2.45) is 0 Å². The summed E-state index contributed by atoms with van der Waals surface area (Å²) in [6, 6.07) is 38.8. The third kappa shape index (κ3) is 3.61. The molecule has 5 aromatic rings. The van der Waals surface area contributed by atoms with Gasteiger partial charge in [-0.3, -0.25) is 0 Å². The Bertz CT molecular complexity index is 1450. The molecule has 0 saturated carbocycles. The molecule has 0 bridgehead atoms. The van der Waals surface area contributed by atoms with E-state index in [-0.39, 0.29) is 10.1 Å². The highest BCUT2D eigenvalue weighted by molar-refractivity contribution is 9.11. The number of hydrogen-bond donors (Lipinski definition) is 0. The molecule has 0 saturated heterocycles. The number of benzene rings is 5. The average Bonchev–Trinajstić information content (AvgIpc) is 3.21. The van der Waals surface area contributed by atoms with E-state index in [1.165, 1.54) is 49.0 Å². The van der Waals surface area contributed by atoms with Gasteiger partial charge in [0.2, 0.25) is 0 Å². The lowest BCUT2D eigenvalue weighted by Gasteiger charge is -2.21. The van der Waals surface area contributed by atoms with Crippen LogP contribution in [0.15, 0.2) is 114 Å². The first-order valence-corrected chi connectivity index (χ1v) is 13.2. The molecule has 5 aromatic carbocycles. The zero-order valence-electron chi connectivity index (χ0n) is 17.7. The summed E-state index contributed by atoms with van der Waals surface area (Å²) in [6.07, 6.45) is 0. The molecule has 0 radical (unpaired) electrons. The molecule has 33 heavy (non-hydrogen) atoms. The Morgan fingerprint density at radius 3 is 1.88 bits per heavy atom. The minimum Gasteiger partial charge on any atom is -0.109 e. The van der Waals surface area contributed by atoms with Gasteiger partial charge in [0.25, 0.3) is 0 Å². The molecular formula is C30H20BrClS. The predicted molar refractivity (Wildman–Crippen MR) is 147 cm³/mol. The summed E-state index contributed by atoms with van der Waals surface area (Å²) in [5.74, 6) is 0.276. The van der Waals surface area contributed by atoms with Crippen LogP contribution in [0.3, 0.4) is 0 Å². The Hall–Kier alpha value is -2.52. The Morgan fingerprint density at radius 2 is 1.18 bits per heavy atom. The van der Waals surface area contributed by atoms with Crippen LogP contribution in [0.25, 0.3) is 33.0 Å². The standard InChI is InChI=1S/C30H20BrClS/c31-30-27(20-11-5-2-6-12-20)28-24-14-8-7-13-23(24)25(21-15-17-22(32)18-16-21)26(29(28)33-30)19-9-3-1-4-10-19/h1-18,27,30H. The van der Waals surface area contributed by atoms with Crippen LogP contribution >= 0.6 is 39.3 Å². The van der Waals surface area contributed by atoms with E-state index in [1.807, 2.05) is 23.9 Å². The topological polar surface area (TPSA) is 0 Å². The monoisotopic (exact) mass is 526 g/mol. The van der Waals surface area contributed by atoms with Crippen molar-refractivity contribution in [2.75, 3.05) is 0 Å². The van der Waals surface area contributed by atoms with E-state index in [2.05, 4.69) is 113 Å².